The van der Waals surface area contributed by atoms with Gasteiger partial charge in [-0.2, -0.15) is 0 Å². The molecule has 1 rings (SSSR count). The number of alkyl halides is 1. The maximum absolute atomic E-state index is 11.3. The van der Waals surface area contributed by atoms with Crippen LogP contribution in [0.4, 0.5) is 5.69 Å². The standard InChI is InChI=1S/C12H16BrNO/c1-8(2)10-5-4-9(3)11(6-10)14-12(15)7-13/h4-6,8H,7H2,1-3H3,(H,14,15). The van der Waals surface area contributed by atoms with E-state index in [2.05, 4.69) is 41.2 Å². The van der Waals surface area contributed by atoms with Crippen LogP contribution in [0.1, 0.15) is 30.9 Å². The van der Waals surface area contributed by atoms with Crippen LogP contribution >= 0.6 is 15.9 Å². The van der Waals surface area contributed by atoms with Gasteiger partial charge in [-0.15, -0.1) is 0 Å². The Morgan fingerprint density at radius 1 is 1.47 bits per heavy atom. The van der Waals surface area contributed by atoms with Gasteiger partial charge >= 0.3 is 0 Å². The number of anilines is 1. The van der Waals surface area contributed by atoms with E-state index in [4.69, 9.17) is 0 Å². The average molecular weight is 270 g/mol. The van der Waals surface area contributed by atoms with Crippen molar-refractivity contribution >= 4 is 27.5 Å². The van der Waals surface area contributed by atoms with E-state index in [0.717, 1.165) is 11.3 Å². The second-order valence-electron chi connectivity index (χ2n) is 3.91. The third-order valence-corrected chi connectivity index (χ3v) is 2.83. The minimum atomic E-state index is -0.0148. The fourth-order valence-electron chi connectivity index (χ4n) is 1.32. The van der Waals surface area contributed by atoms with Gasteiger partial charge < -0.3 is 5.32 Å². The first kappa shape index (κ1) is 12.2. The molecule has 0 aliphatic rings. The average Bonchev–Trinajstić information content (AvgIpc) is 2.20. The number of hydrogen-bond donors (Lipinski definition) is 1. The van der Waals surface area contributed by atoms with Gasteiger partial charge in [0.05, 0.1) is 5.33 Å². The van der Waals surface area contributed by atoms with Crippen molar-refractivity contribution in [1.29, 1.82) is 0 Å². The molecule has 82 valence electrons. The Kier molecular flexibility index (Phi) is 4.33. The molecule has 0 aliphatic carbocycles. The van der Waals surface area contributed by atoms with Crippen LogP contribution in [0, 0.1) is 6.92 Å². The van der Waals surface area contributed by atoms with Gasteiger partial charge in [-0.1, -0.05) is 41.9 Å². The van der Waals surface area contributed by atoms with E-state index in [1.54, 1.807) is 0 Å². The van der Waals surface area contributed by atoms with Crippen molar-refractivity contribution in [3.63, 3.8) is 0 Å². The van der Waals surface area contributed by atoms with Crippen LogP contribution < -0.4 is 5.32 Å². The normalized spacial score (nSPS) is 10.5. The summed E-state index contributed by atoms with van der Waals surface area (Å²) in [6, 6.07) is 6.18. The summed E-state index contributed by atoms with van der Waals surface area (Å²) in [4.78, 5) is 11.3. The summed E-state index contributed by atoms with van der Waals surface area (Å²) in [6.45, 7) is 6.27. The highest BCUT2D eigenvalue weighted by Gasteiger charge is 2.06. The number of aryl methyl sites for hydroxylation is 1. The zero-order valence-corrected chi connectivity index (χ0v) is 10.9. The minimum absolute atomic E-state index is 0.0148. The topological polar surface area (TPSA) is 29.1 Å². The molecule has 1 aromatic carbocycles. The molecule has 0 unspecified atom stereocenters. The van der Waals surface area contributed by atoms with Crippen LogP contribution in [0.5, 0.6) is 0 Å². The van der Waals surface area contributed by atoms with Crippen LogP contribution in [0.15, 0.2) is 18.2 Å². The zero-order valence-electron chi connectivity index (χ0n) is 9.30. The Morgan fingerprint density at radius 3 is 2.67 bits per heavy atom. The predicted octanol–water partition coefficient (Wildman–Crippen LogP) is 3.45. The smallest absolute Gasteiger partial charge is 0.235 e. The van der Waals surface area contributed by atoms with Gasteiger partial charge in [0.2, 0.25) is 5.91 Å². The molecule has 0 saturated heterocycles. The van der Waals surface area contributed by atoms with Crippen molar-refractivity contribution in [2.45, 2.75) is 26.7 Å². The molecule has 0 fully saturated rings. The maximum atomic E-state index is 11.3. The van der Waals surface area contributed by atoms with Gasteiger partial charge in [0.15, 0.2) is 0 Å². The molecular weight excluding hydrogens is 254 g/mol. The summed E-state index contributed by atoms with van der Waals surface area (Å²) < 4.78 is 0. The van der Waals surface area contributed by atoms with Gasteiger partial charge in [0, 0.05) is 5.69 Å². The number of rotatable bonds is 3. The Bertz CT molecular complexity index is 361. The third-order valence-electron chi connectivity index (χ3n) is 2.32. The highest BCUT2D eigenvalue weighted by atomic mass is 79.9. The fourth-order valence-corrected chi connectivity index (χ4v) is 1.46. The lowest BCUT2D eigenvalue weighted by Crippen LogP contribution is -2.13. The number of halogens is 1. The van der Waals surface area contributed by atoms with Crippen molar-refractivity contribution in [3.8, 4) is 0 Å². The molecule has 0 atom stereocenters. The van der Waals surface area contributed by atoms with Crippen molar-refractivity contribution < 1.29 is 4.79 Å². The molecule has 2 nitrogen and oxygen atoms in total. The van der Waals surface area contributed by atoms with E-state index >= 15 is 0 Å². The molecule has 0 aromatic heterocycles. The molecule has 0 spiro atoms. The molecule has 0 aliphatic heterocycles. The van der Waals surface area contributed by atoms with Gasteiger partial charge in [-0.3, -0.25) is 4.79 Å². The van der Waals surface area contributed by atoms with Gasteiger partial charge in [0.1, 0.15) is 0 Å². The van der Waals surface area contributed by atoms with Crippen molar-refractivity contribution in [2.24, 2.45) is 0 Å². The van der Waals surface area contributed by atoms with Crippen molar-refractivity contribution in [1.82, 2.24) is 0 Å². The first-order valence-electron chi connectivity index (χ1n) is 5.01. The van der Waals surface area contributed by atoms with Gasteiger partial charge in [-0.25, -0.2) is 0 Å². The Balaban J connectivity index is 2.95. The molecule has 1 amide bonds. The van der Waals surface area contributed by atoms with E-state index < -0.39 is 0 Å². The summed E-state index contributed by atoms with van der Waals surface area (Å²) in [7, 11) is 0. The lowest BCUT2D eigenvalue weighted by Gasteiger charge is -2.11. The molecule has 0 heterocycles. The van der Waals surface area contributed by atoms with Crippen LogP contribution in [-0.2, 0) is 4.79 Å². The number of hydrogen-bond acceptors (Lipinski definition) is 1. The first-order valence-corrected chi connectivity index (χ1v) is 6.13. The van der Waals surface area contributed by atoms with Crippen LogP contribution in [0.3, 0.4) is 0 Å². The van der Waals surface area contributed by atoms with E-state index in [1.165, 1.54) is 5.56 Å². The van der Waals surface area contributed by atoms with Gasteiger partial charge in [0.25, 0.3) is 0 Å². The quantitative estimate of drug-likeness (QED) is 0.837. The molecule has 0 radical (unpaired) electrons. The van der Waals surface area contributed by atoms with Gasteiger partial charge in [-0.05, 0) is 30.0 Å². The summed E-state index contributed by atoms with van der Waals surface area (Å²) in [5, 5.41) is 3.20. The Labute approximate surface area is 99.2 Å². The van der Waals surface area contributed by atoms with E-state index in [0.29, 0.717) is 11.2 Å². The summed E-state index contributed by atoms with van der Waals surface area (Å²) in [6.07, 6.45) is 0. The SMILES string of the molecule is Cc1ccc(C(C)C)cc1NC(=O)CBr. The van der Waals surface area contributed by atoms with Crippen LogP contribution in [-0.4, -0.2) is 11.2 Å². The number of benzene rings is 1. The number of carbonyl (C=O) groups excluding carboxylic acids is 1. The summed E-state index contributed by atoms with van der Waals surface area (Å²) in [5.41, 5.74) is 3.24. The Hall–Kier alpha value is -0.830. The lowest BCUT2D eigenvalue weighted by molar-refractivity contribution is -0.113. The van der Waals surface area contributed by atoms with Crippen molar-refractivity contribution in [3.05, 3.63) is 29.3 Å². The maximum Gasteiger partial charge on any atom is 0.235 e. The predicted molar refractivity (Wildman–Crippen MR) is 67.7 cm³/mol. The van der Waals surface area contributed by atoms with E-state index in [1.807, 2.05) is 19.1 Å². The van der Waals surface area contributed by atoms with E-state index in [-0.39, 0.29) is 5.91 Å². The molecule has 0 saturated carbocycles. The highest BCUT2D eigenvalue weighted by Crippen LogP contribution is 2.22. The van der Waals surface area contributed by atoms with E-state index in [9.17, 15) is 4.79 Å². The highest BCUT2D eigenvalue weighted by molar-refractivity contribution is 9.09. The monoisotopic (exact) mass is 269 g/mol. The lowest BCUT2D eigenvalue weighted by atomic mass is 10.0. The molecule has 1 N–H and O–H groups in total. The second-order valence-corrected chi connectivity index (χ2v) is 4.47. The molecule has 3 heteroatoms. The van der Waals surface area contributed by atoms with Crippen molar-refractivity contribution in [2.75, 3.05) is 10.6 Å². The Morgan fingerprint density at radius 2 is 2.13 bits per heavy atom. The third kappa shape index (κ3) is 3.34. The first-order chi connectivity index (χ1) is 7.04. The number of amides is 1. The van der Waals surface area contributed by atoms with Crippen LogP contribution in [0.2, 0.25) is 0 Å². The molecule has 1 aromatic rings. The number of carbonyl (C=O) groups is 1. The summed E-state index contributed by atoms with van der Waals surface area (Å²) in [5.74, 6) is 0.462. The second kappa shape index (κ2) is 5.31. The number of nitrogens with one attached hydrogen (secondary N) is 1. The largest absolute Gasteiger partial charge is 0.325 e. The fraction of sp³-hybridized carbons (Fsp3) is 0.417. The van der Waals surface area contributed by atoms with Crippen LogP contribution in [0.25, 0.3) is 0 Å². The minimum Gasteiger partial charge on any atom is -0.325 e. The molecular formula is C12H16BrNO. The molecule has 0 bridgehead atoms. The molecule has 15 heavy (non-hydrogen) atoms. The zero-order chi connectivity index (χ0) is 11.4. The summed E-state index contributed by atoms with van der Waals surface area (Å²) >= 11 is 3.13.